The summed E-state index contributed by atoms with van der Waals surface area (Å²) >= 11 is 0. The summed E-state index contributed by atoms with van der Waals surface area (Å²) in [6.07, 6.45) is 12.2. The maximum absolute atomic E-state index is 14.2. The summed E-state index contributed by atoms with van der Waals surface area (Å²) in [6, 6.07) is 6.33. The van der Waals surface area contributed by atoms with Crippen LogP contribution in [0.15, 0.2) is 41.4 Å². The zero-order chi connectivity index (χ0) is 18.8. The molecule has 0 radical (unpaired) electrons. The van der Waals surface area contributed by atoms with Gasteiger partial charge in [-0.15, -0.1) is 0 Å². The molecule has 0 saturated carbocycles. The molecule has 0 amide bonds. The van der Waals surface area contributed by atoms with Crippen LogP contribution < -0.4 is 4.74 Å². The van der Waals surface area contributed by atoms with Crippen LogP contribution in [-0.4, -0.2) is 14.2 Å². The van der Waals surface area contributed by atoms with Crippen LogP contribution in [0, 0.1) is 0 Å². The lowest BCUT2D eigenvalue weighted by molar-refractivity contribution is 0.272. The molecule has 2 nitrogen and oxygen atoms in total. The van der Waals surface area contributed by atoms with Gasteiger partial charge in [0.15, 0.2) is 0 Å². The molecule has 0 aromatic heterocycles. The van der Waals surface area contributed by atoms with Crippen molar-refractivity contribution in [2.45, 2.75) is 71.1 Å². The van der Waals surface area contributed by atoms with Crippen LogP contribution in [0.2, 0.25) is 0 Å². The fourth-order valence-corrected chi connectivity index (χ4v) is 3.52. The third-order valence-corrected chi connectivity index (χ3v) is 5.22. The second-order valence-corrected chi connectivity index (χ2v) is 7.07. The highest BCUT2D eigenvalue weighted by molar-refractivity contribution is 5.37. The van der Waals surface area contributed by atoms with Gasteiger partial charge in [0.05, 0.1) is 20.0 Å². The van der Waals surface area contributed by atoms with Gasteiger partial charge in [0.25, 0.3) is 0 Å². The van der Waals surface area contributed by atoms with E-state index in [9.17, 15) is 4.39 Å². The number of hydrogen-bond acceptors (Lipinski definition) is 2. The SMILES string of the molecule is CCCCCCCc1cc(OC)ccc1CCC1=C(F)C=C(OC)CC1. The third-order valence-electron chi connectivity index (χ3n) is 5.22. The molecule has 0 saturated heterocycles. The maximum atomic E-state index is 14.2. The van der Waals surface area contributed by atoms with Gasteiger partial charge in [-0.25, -0.2) is 4.39 Å². The van der Waals surface area contributed by atoms with E-state index in [0.29, 0.717) is 0 Å². The molecule has 2 rings (SSSR count). The van der Waals surface area contributed by atoms with Crippen LogP contribution >= 0.6 is 0 Å². The molecule has 0 heterocycles. The standard InChI is InChI=1S/C23H33FO2/c1-4-5-6-7-8-9-20-16-21(25-2)14-12-18(20)10-11-19-13-15-22(26-3)17-23(19)24/h12,14,16-17H,4-11,13,15H2,1-3H3. The van der Waals surface area contributed by atoms with E-state index in [0.717, 1.165) is 49.2 Å². The molecule has 1 aliphatic carbocycles. The van der Waals surface area contributed by atoms with Crippen molar-refractivity contribution in [2.75, 3.05) is 14.2 Å². The van der Waals surface area contributed by atoms with Gasteiger partial charge in [0.1, 0.15) is 11.6 Å². The van der Waals surface area contributed by atoms with E-state index in [1.807, 2.05) is 6.07 Å². The molecule has 0 bridgehead atoms. The first kappa shape index (κ1) is 20.5. The molecule has 0 fully saturated rings. The van der Waals surface area contributed by atoms with E-state index >= 15 is 0 Å². The number of hydrogen-bond donors (Lipinski definition) is 0. The molecule has 0 atom stereocenters. The zero-order valence-corrected chi connectivity index (χ0v) is 16.6. The van der Waals surface area contributed by atoms with Gasteiger partial charge < -0.3 is 9.47 Å². The minimum absolute atomic E-state index is 0.109. The summed E-state index contributed by atoms with van der Waals surface area (Å²) in [6.45, 7) is 2.24. The second-order valence-electron chi connectivity index (χ2n) is 7.07. The fourth-order valence-electron chi connectivity index (χ4n) is 3.52. The van der Waals surface area contributed by atoms with Gasteiger partial charge >= 0.3 is 0 Å². The van der Waals surface area contributed by atoms with Gasteiger partial charge in [-0.05, 0) is 60.9 Å². The predicted octanol–water partition coefficient (Wildman–Crippen LogP) is 6.69. The first-order valence-electron chi connectivity index (χ1n) is 9.95. The summed E-state index contributed by atoms with van der Waals surface area (Å²) in [5.74, 6) is 1.54. The number of methoxy groups -OCH3 is 2. The highest BCUT2D eigenvalue weighted by Gasteiger charge is 2.15. The number of benzene rings is 1. The van der Waals surface area contributed by atoms with E-state index in [2.05, 4.69) is 19.1 Å². The summed E-state index contributed by atoms with van der Waals surface area (Å²) < 4.78 is 24.8. The molecule has 1 aliphatic rings. The number of halogens is 1. The highest BCUT2D eigenvalue weighted by Crippen LogP contribution is 2.29. The Bertz CT molecular complexity index is 631. The summed E-state index contributed by atoms with van der Waals surface area (Å²) in [5.41, 5.74) is 3.59. The van der Waals surface area contributed by atoms with Gasteiger partial charge in [-0.3, -0.25) is 0 Å². The van der Waals surface area contributed by atoms with Gasteiger partial charge in [0, 0.05) is 12.5 Å². The number of rotatable bonds is 11. The number of unbranched alkanes of at least 4 members (excludes halogenated alkanes) is 4. The average molecular weight is 361 g/mol. The summed E-state index contributed by atoms with van der Waals surface area (Å²) in [4.78, 5) is 0. The quantitative estimate of drug-likeness (QED) is 0.409. The van der Waals surface area contributed by atoms with Crippen LogP contribution in [0.4, 0.5) is 4.39 Å². The molecule has 0 aliphatic heterocycles. The molecule has 144 valence electrons. The Morgan fingerprint density at radius 2 is 1.69 bits per heavy atom. The third kappa shape index (κ3) is 6.19. The Morgan fingerprint density at radius 1 is 0.885 bits per heavy atom. The van der Waals surface area contributed by atoms with E-state index in [1.54, 1.807) is 20.3 Å². The average Bonchev–Trinajstić information content (AvgIpc) is 2.67. The molecule has 3 heteroatoms. The lowest BCUT2D eigenvalue weighted by atomic mass is 9.92. The van der Waals surface area contributed by atoms with Gasteiger partial charge in [-0.2, -0.15) is 0 Å². The zero-order valence-electron chi connectivity index (χ0n) is 16.6. The lowest BCUT2D eigenvalue weighted by Gasteiger charge is -2.17. The van der Waals surface area contributed by atoms with Crippen molar-refractivity contribution in [1.29, 1.82) is 0 Å². The molecule has 0 unspecified atom stereocenters. The largest absolute Gasteiger partial charge is 0.501 e. The molecular weight excluding hydrogens is 327 g/mol. The van der Waals surface area contributed by atoms with Crippen molar-refractivity contribution in [1.82, 2.24) is 0 Å². The Balaban J connectivity index is 2.00. The smallest absolute Gasteiger partial charge is 0.125 e. The van der Waals surface area contributed by atoms with E-state index in [1.165, 1.54) is 43.2 Å². The van der Waals surface area contributed by atoms with Crippen molar-refractivity contribution in [3.05, 3.63) is 52.6 Å². The summed E-state index contributed by atoms with van der Waals surface area (Å²) in [5, 5.41) is 0. The fraction of sp³-hybridized carbons (Fsp3) is 0.565. The van der Waals surface area contributed by atoms with Crippen LogP contribution in [-0.2, 0) is 17.6 Å². The first-order chi connectivity index (χ1) is 12.7. The minimum atomic E-state index is -0.109. The van der Waals surface area contributed by atoms with Gasteiger partial charge in [-0.1, -0.05) is 38.7 Å². The number of aryl methyl sites for hydroxylation is 2. The first-order valence-corrected chi connectivity index (χ1v) is 9.95. The normalized spacial score (nSPS) is 14.4. The Labute approximate surface area is 158 Å². The van der Waals surface area contributed by atoms with Crippen LogP contribution in [0.25, 0.3) is 0 Å². The summed E-state index contributed by atoms with van der Waals surface area (Å²) in [7, 11) is 3.32. The van der Waals surface area contributed by atoms with E-state index < -0.39 is 0 Å². The molecular formula is C23H33FO2. The van der Waals surface area contributed by atoms with E-state index in [4.69, 9.17) is 9.47 Å². The molecule has 1 aromatic rings. The van der Waals surface area contributed by atoms with Crippen molar-refractivity contribution in [3.63, 3.8) is 0 Å². The van der Waals surface area contributed by atoms with Crippen molar-refractivity contribution < 1.29 is 13.9 Å². The monoisotopic (exact) mass is 360 g/mol. The molecule has 1 aromatic carbocycles. The molecule has 0 N–H and O–H groups in total. The predicted molar refractivity (Wildman–Crippen MR) is 106 cm³/mol. The lowest BCUT2D eigenvalue weighted by Crippen LogP contribution is -2.02. The Morgan fingerprint density at radius 3 is 2.38 bits per heavy atom. The second kappa shape index (κ2) is 11.1. The minimum Gasteiger partial charge on any atom is -0.501 e. The maximum Gasteiger partial charge on any atom is 0.125 e. The highest BCUT2D eigenvalue weighted by atomic mass is 19.1. The van der Waals surface area contributed by atoms with Crippen LogP contribution in [0.3, 0.4) is 0 Å². The molecule has 26 heavy (non-hydrogen) atoms. The van der Waals surface area contributed by atoms with Crippen molar-refractivity contribution in [2.24, 2.45) is 0 Å². The Hall–Kier alpha value is -1.77. The van der Waals surface area contributed by atoms with Gasteiger partial charge in [0.2, 0.25) is 0 Å². The van der Waals surface area contributed by atoms with Crippen LogP contribution in [0.1, 0.15) is 69.4 Å². The number of ether oxygens (including phenoxy) is 2. The van der Waals surface area contributed by atoms with Crippen LogP contribution in [0.5, 0.6) is 5.75 Å². The molecule has 0 spiro atoms. The van der Waals surface area contributed by atoms with E-state index in [-0.39, 0.29) is 5.83 Å². The Kier molecular flexibility index (Phi) is 8.73. The van der Waals surface area contributed by atoms with Crippen molar-refractivity contribution in [3.8, 4) is 5.75 Å². The number of allylic oxidation sites excluding steroid dienone is 4. The topological polar surface area (TPSA) is 18.5 Å². The van der Waals surface area contributed by atoms with Crippen molar-refractivity contribution >= 4 is 0 Å².